The Labute approximate surface area is 105 Å². The molecule has 0 aliphatic heterocycles. The Hall–Kier alpha value is -1.02. The van der Waals surface area contributed by atoms with Crippen molar-refractivity contribution < 1.29 is 0 Å². The maximum atomic E-state index is 5.68. The highest BCUT2D eigenvalue weighted by molar-refractivity contribution is 5.54. The normalized spacial score (nSPS) is 15.7. The molecule has 1 aliphatic rings. The van der Waals surface area contributed by atoms with Crippen LogP contribution in [0.5, 0.6) is 0 Å². The summed E-state index contributed by atoms with van der Waals surface area (Å²) in [7, 11) is 0. The summed E-state index contributed by atoms with van der Waals surface area (Å²) in [6, 6.07) is 6.62. The lowest BCUT2D eigenvalue weighted by atomic mass is 9.85. The molecule has 1 saturated carbocycles. The standard InChI is InChI=1S/C15H24N2/c1-3-17(11-13-5-4-6-13)15-8-7-14(10-16)9-12(15)2/h7-9,13H,3-6,10-11,16H2,1-2H3. The monoisotopic (exact) mass is 232 g/mol. The molecule has 0 spiro atoms. The van der Waals surface area contributed by atoms with Gasteiger partial charge in [0.05, 0.1) is 0 Å². The van der Waals surface area contributed by atoms with Crippen LogP contribution in [0.4, 0.5) is 5.69 Å². The summed E-state index contributed by atoms with van der Waals surface area (Å²) in [5, 5.41) is 0. The van der Waals surface area contributed by atoms with Crippen LogP contribution >= 0.6 is 0 Å². The van der Waals surface area contributed by atoms with E-state index in [-0.39, 0.29) is 0 Å². The maximum absolute atomic E-state index is 5.68. The van der Waals surface area contributed by atoms with Crippen LogP contribution in [0.2, 0.25) is 0 Å². The van der Waals surface area contributed by atoms with Crippen LogP contribution in [0.1, 0.15) is 37.3 Å². The van der Waals surface area contributed by atoms with Gasteiger partial charge in [-0.1, -0.05) is 18.6 Å². The smallest absolute Gasteiger partial charge is 0.0396 e. The van der Waals surface area contributed by atoms with Gasteiger partial charge in [-0.25, -0.2) is 0 Å². The van der Waals surface area contributed by atoms with E-state index < -0.39 is 0 Å². The van der Waals surface area contributed by atoms with Crippen molar-refractivity contribution in [3.05, 3.63) is 29.3 Å². The van der Waals surface area contributed by atoms with Crippen LogP contribution < -0.4 is 10.6 Å². The average Bonchev–Trinajstić information content (AvgIpc) is 2.29. The molecule has 0 unspecified atom stereocenters. The van der Waals surface area contributed by atoms with E-state index in [4.69, 9.17) is 5.73 Å². The minimum atomic E-state index is 0.635. The molecule has 0 heterocycles. The van der Waals surface area contributed by atoms with Crippen LogP contribution in [0.3, 0.4) is 0 Å². The number of benzene rings is 1. The fraction of sp³-hybridized carbons (Fsp3) is 0.600. The van der Waals surface area contributed by atoms with Crippen molar-refractivity contribution in [1.82, 2.24) is 0 Å². The highest BCUT2D eigenvalue weighted by Gasteiger charge is 2.20. The third kappa shape index (κ3) is 2.81. The number of anilines is 1. The summed E-state index contributed by atoms with van der Waals surface area (Å²) in [6.45, 7) is 7.39. The minimum Gasteiger partial charge on any atom is -0.371 e. The first kappa shape index (κ1) is 12.4. The number of hydrogen-bond acceptors (Lipinski definition) is 2. The van der Waals surface area contributed by atoms with Gasteiger partial charge in [0.15, 0.2) is 0 Å². The van der Waals surface area contributed by atoms with Gasteiger partial charge in [-0.3, -0.25) is 0 Å². The molecule has 1 aromatic rings. The van der Waals surface area contributed by atoms with E-state index in [1.165, 1.54) is 42.6 Å². The summed E-state index contributed by atoms with van der Waals surface area (Å²) >= 11 is 0. The van der Waals surface area contributed by atoms with Gasteiger partial charge >= 0.3 is 0 Å². The zero-order valence-corrected chi connectivity index (χ0v) is 11.1. The van der Waals surface area contributed by atoms with Crippen molar-refractivity contribution in [2.24, 2.45) is 11.7 Å². The molecule has 94 valence electrons. The van der Waals surface area contributed by atoms with Crippen molar-refractivity contribution in [3.63, 3.8) is 0 Å². The second kappa shape index (κ2) is 5.54. The molecule has 0 radical (unpaired) electrons. The predicted molar refractivity (Wildman–Crippen MR) is 74.3 cm³/mol. The molecule has 2 heteroatoms. The van der Waals surface area contributed by atoms with E-state index in [0.717, 1.165) is 12.5 Å². The number of rotatable bonds is 5. The Morgan fingerprint density at radius 3 is 2.59 bits per heavy atom. The lowest BCUT2D eigenvalue weighted by molar-refractivity contribution is 0.318. The Bertz CT molecular complexity index is 369. The summed E-state index contributed by atoms with van der Waals surface area (Å²) in [4.78, 5) is 2.51. The topological polar surface area (TPSA) is 29.3 Å². The van der Waals surface area contributed by atoms with Crippen molar-refractivity contribution in [2.45, 2.75) is 39.7 Å². The van der Waals surface area contributed by atoms with Crippen LogP contribution in [0.25, 0.3) is 0 Å². The highest BCUT2D eigenvalue weighted by Crippen LogP contribution is 2.30. The van der Waals surface area contributed by atoms with E-state index in [9.17, 15) is 0 Å². The zero-order chi connectivity index (χ0) is 12.3. The van der Waals surface area contributed by atoms with Gasteiger partial charge in [0, 0.05) is 25.3 Å². The first-order chi connectivity index (χ1) is 8.24. The van der Waals surface area contributed by atoms with Gasteiger partial charge in [0.1, 0.15) is 0 Å². The first-order valence-corrected chi connectivity index (χ1v) is 6.79. The number of nitrogens with zero attached hydrogens (tertiary/aromatic N) is 1. The molecule has 0 amide bonds. The van der Waals surface area contributed by atoms with Crippen LogP contribution in [-0.2, 0) is 6.54 Å². The lowest BCUT2D eigenvalue weighted by Crippen LogP contribution is -2.32. The van der Waals surface area contributed by atoms with Gasteiger partial charge < -0.3 is 10.6 Å². The maximum Gasteiger partial charge on any atom is 0.0396 e. The van der Waals surface area contributed by atoms with Gasteiger partial charge in [-0.2, -0.15) is 0 Å². The van der Waals surface area contributed by atoms with Crippen LogP contribution in [0, 0.1) is 12.8 Å². The van der Waals surface area contributed by atoms with Crippen molar-refractivity contribution >= 4 is 5.69 Å². The fourth-order valence-electron chi connectivity index (χ4n) is 2.58. The molecule has 0 bridgehead atoms. The van der Waals surface area contributed by atoms with E-state index in [0.29, 0.717) is 6.54 Å². The van der Waals surface area contributed by atoms with Crippen molar-refractivity contribution in [2.75, 3.05) is 18.0 Å². The average molecular weight is 232 g/mol. The molecular weight excluding hydrogens is 208 g/mol. The molecule has 1 aliphatic carbocycles. The van der Waals surface area contributed by atoms with Crippen LogP contribution in [-0.4, -0.2) is 13.1 Å². The molecule has 0 aromatic heterocycles. The molecular formula is C15H24N2. The van der Waals surface area contributed by atoms with E-state index in [1.54, 1.807) is 0 Å². The molecule has 1 fully saturated rings. The molecule has 2 N–H and O–H groups in total. The Kier molecular flexibility index (Phi) is 4.06. The Balaban J connectivity index is 2.11. The van der Waals surface area contributed by atoms with Gasteiger partial charge in [0.2, 0.25) is 0 Å². The second-order valence-electron chi connectivity index (χ2n) is 5.16. The van der Waals surface area contributed by atoms with Crippen LogP contribution in [0.15, 0.2) is 18.2 Å². The van der Waals surface area contributed by atoms with Gasteiger partial charge in [-0.05, 0) is 49.8 Å². The van der Waals surface area contributed by atoms with Gasteiger partial charge in [-0.15, -0.1) is 0 Å². The Morgan fingerprint density at radius 2 is 2.12 bits per heavy atom. The highest BCUT2D eigenvalue weighted by atomic mass is 15.1. The summed E-state index contributed by atoms with van der Waals surface area (Å²) in [6.07, 6.45) is 4.25. The summed E-state index contributed by atoms with van der Waals surface area (Å²) in [5.74, 6) is 0.920. The number of aryl methyl sites for hydroxylation is 1. The first-order valence-electron chi connectivity index (χ1n) is 6.79. The van der Waals surface area contributed by atoms with Crippen molar-refractivity contribution in [3.8, 4) is 0 Å². The number of nitrogens with two attached hydrogens (primary N) is 1. The summed E-state index contributed by atoms with van der Waals surface area (Å²) < 4.78 is 0. The lowest BCUT2D eigenvalue weighted by Gasteiger charge is -2.34. The summed E-state index contributed by atoms with van der Waals surface area (Å²) in [5.41, 5.74) is 9.64. The minimum absolute atomic E-state index is 0.635. The molecule has 0 atom stereocenters. The molecule has 1 aromatic carbocycles. The van der Waals surface area contributed by atoms with Crippen molar-refractivity contribution in [1.29, 1.82) is 0 Å². The molecule has 17 heavy (non-hydrogen) atoms. The molecule has 2 nitrogen and oxygen atoms in total. The quantitative estimate of drug-likeness (QED) is 0.845. The van der Waals surface area contributed by atoms with Gasteiger partial charge in [0.25, 0.3) is 0 Å². The second-order valence-corrected chi connectivity index (χ2v) is 5.16. The zero-order valence-electron chi connectivity index (χ0n) is 11.1. The fourth-order valence-corrected chi connectivity index (χ4v) is 2.58. The Morgan fingerprint density at radius 1 is 1.35 bits per heavy atom. The van der Waals surface area contributed by atoms with E-state index in [1.807, 2.05) is 0 Å². The molecule has 0 saturated heterocycles. The SMILES string of the molecule is CCN(CC1CCC1)c1ccc(CN)cc1C. The van der Waals surface area contributed by atoms with E-state index in [2.05, 4.69) is 36.9 Å². The van der Waals surface area contributed by atoms with E-state index >= 15 is 0 Å². The largest absolute Gasteiger partial charge is 0.371 e. The number of hydrogen-bond donors (Lipinski definition) is 1. The molecule has 2 rings (SSSR count). The third-order valence-electron chi connectivity index (χ3n) is 3.92. The third-order valence-corrected chi connectivity index (χ3v) is 3.92. The predicted octanol–water partition coefficient (Wildman–Crippen LogP) is 3.08.